The molecule has 2 N–H and O–H groups in total. The van der Waals surface area contributed by atoms with Gasteiger partial charge in [-0.2, -0.15) is 0 Å². The Balaban J connectivity index is 2.49. The molecule has 2 rings (SSSR count). The van der Waals surface area contributed by atoms with Crippen LogP contribution in [-0.4, -0.2) is 15.6 Å². The van der Waals surface area contributed by atoms with Crippen LogP contribution in [0.3, 0.4) is 0 Å². The van der Waals surface area contributed by atoms with E-state index in [4.69, 9.17) is 5.73 Å². The summed E-state index contributed by atoms with van der Waals surface area (Å²) in [7, 11) is 0. The van der Waals surface area contributed by atoms with Crippen LogP contribution in [0, 0.1) is 0 Å². The lowest BCUT2D eigenvalue weighted by Crippen LogP contribution is -2.31. The van der Waals surface area contributed by atoms with Gasteiger partial charge in [0.1, 0.15) is 5.82 Å². The molecule has 0 amide bonds. The number of nitrogens with two attached hydrogens (primary N) is 1. The molecule has 2 aromatic rings. The van der Waals surface area contributed by atoms with Crippen molar-refractivity contribution in [3.63, 3.8) is 0 Å². The summed E-state index contributed by atoms with van der Waals surface area (Å²) in [6.07, 6.45) is 3.87. The molecule has 0 aliphatic rings. The predicted molar refractivity (Wildman–Crippen MR) is 82.2 cm³/mol. The summed E-state index contributed by atoms with van der Waals surface area (Å²) in [6.45, 7) is 6.34. The zero-order valence-corrected chi connectivity index (χ0v) is 13.1. The van der Waals surface area contributed by atoms with Crippen LogP contribution < -0.4 is 5.73 Å². The standard InChI is InChI=1S/C15H20BrN3/c1-10(2)15-18-7-8-19(15)14(11(3)17)12-5-4-6-13(16)9-12/h4-11,14H,17H2,1-3H3. The Kier molecular flexibility index (Phi) is 4.42. The largest absolute Gasteiger partial charge is 0.326 e. The normalized spacial score (nSPS) is 14.6. The second-order valence-corrected chi connectivity index (χ2v) is 6.12. The highest BCUT2D eigenvalue weighted by Gasteiger charge is 2.22. The molecule has 0 fully saturated rings. The smallest absolute Gasteiger partial charge is 0.111 e. The number of benzene rings is 1. The molecule has 1 heterocycles. The second-order valence-electron chi connectivity index (χ2n) is 5.21. The summed E-state index contributed by atoms with van der Waals surface area (Å²) in [5.41, 5.74) is 7.41. The van der Waals surface area contributed by atoms with Crippen molar-refractivity contribution in [2.24, 2.45) is 5.73 Å². The summed E-state index contributed by atoms with van der Waals surface area (Å²) in [4.78, 5) is 4.46. The van der Waals surface area contributed by atoms with Gasteiger partial charge in [-0.3, -0.25) is 0 Å². The number of rotatable bonds is 4. The van der Waals surface area contributed by atoms with Gasteiger partial charge in [0.25, 0.3) is 0 Å². The minimum Gasteiger partial charge on any atom is -0.326 e. The molecular formula is C15H20BrN3. The van der Waals surface area contributed by atoms with Crippen LogP contribution in [0.5, 0.6) is 0 Å². The van der Waals surface area contributed by atoms with Gasteiger partial charge in [0.15, 0.2) is 0 Å². The predicted octanol–water partition coefficient (Wildman–Crippen LogP) is 3.71. The SMILES string of the molecule is CC(C)c1nccn1C(c1cccc(Br)c1)C(C)N. The molecule has 0 saturated carbocycles. The molecule has 4 heteroatoms. The lowest BCUT2D eigenvalue weighted by Gasteiger charge is -2.26. The summed E-state index contributed by atoms with van der Waals surface area (Å²) >= 11 is 3.52. The van der Waals surface area contributed by atoms with E-state index in [0.717, 1.165) is 10.3 Å². The molecule has 1 aromatic heterocycles. The van der Waals surface area contributed by atoms with Gasteiger partial charge in [-0.25, -0.2) is 4.98 Å². The summed E-state index contributed by atoms with van der Waals surface area (Å²) in [6, 6.07) is 8.43. The van der Waals surface area contributed by atoms with E-state index in [0.29, 0.717) is 5.92 Å². The minimum absolute atomic E-state index is 0.0148. The van der Waals surface area contributed by atoms with Crippen LogP contribution in [-0.2, 0) is 0 Å². The molecular weight excluding hydrogens is 302 g/mol. The Morgan fingerprint density at radius 2 is 2.00 bits per heavy atom. The Morgan fingerprint density at radius 1 is 1.26 bits per heavy atom. The highest BCUT2D eigenvalue weighted by molar-refractivity contribution is 9.10. The molecule has 19 heavy (non-hydrogen) atoms. The first-order chi connectivity index (χ1) is 9.00. The summed E-state index contributed by atoms with van der Waals surface area (Å²) in [5.74, 6) is 1.45. The number of aromatic nitrogens is 2. The van der Waals surface area contributed by atoms with Crippen molar-refractivity contribution in [1.82, 2.24) is 9.55 Å². The van der Waals surface area contributed by atoms with Crippen molar-refractivity contribution in [2.45, 2.75) is 38.8 Å². The molecule has 0 spiro atoms. The van der Waals surface area contributed by atoms with Crippen LogP contribution in [0.1, 0.15) is 44.1 Å². The molecule has 0 aliphatic carbocycles. The maximum atomic E-state index is 6.22. The first-order valence-electron chi connectivity index (χ1n) is 6.54. The topological polar surface area (TPSA) is 43.8 Å². The third-order valence-electron chi connectivity index (χ3n) is 3.20. The average molecular weight is 322 g/mol. The van der Waals surface area contributed by atoms with Crippen LogP contribution in [0.25, 0.3) is 0 Å². The fourth-order valence-electron chi connectivity index (χ4n) is 2.42. The molecule has 102 valence electrons. The molecule has 2 unspecified atom stereocenters. The lowest BCUT2D eigenvalue weighted by atomic mass is 10.00. The van der Waals surface area contributed by atoms with Gasteiger partial charge >= 0.3 is 0 Å². The fraction of sp³-hybridized carbons (Fsp3) is 0.400. The number of imidazole rings is 1. The first-order valence-corrected chi connectivity index (χ1v) is 7.33. The quantitative estimate of drug-likeness (QED) is 0.932. The van der Waals surface area contributed by atoms with Gasteiger partial charge in [0.05, 0.1) is 6.04 Å². The van der Waals surface area contributed by atoms with Crippen molar-refractivity contribution in [1.29, 1.82) is 0 Å². The third kappa shape index (κ3) is 3.07. The molecule has 0 saturated heterocycles. The summed E-state index contributed by atoms with van der Waals surface area (Å²) < 4.78 is 3.26. The second kappa shape index (κ2) is 5.88. The zero-order valence-electron chi connectivity index (χ0n) is 11.5. The van der Waals surface area contributed by atoms with Crippen LogP contribution in [0.4, 0.5) is 0 Å². The maximum absolute atomic E-state index is 6.22. The molecule has 0 bridgehead atoms. The van der Waals surface area contributed by atoms with Gasteiger partial charge in [-0.15, -0.1) is 0 Å². The Hall–Kier alpha value is -1.13. The lowest BCUT2D eigenvalue weighted by molar-refractivity contribution is 0.471. The Labute approximate surface area is 123 Å². The van der Waals surface area contributed by atoms with Crippen molar-refractivity contribution < 1.29 is 0 Å². The minimum atomic E-state index is 0.0148. The van der Waals surface area contributed by atoms with Crippen LogP contribution >= 0.6 is 15.9 Å². The fourth-order valence-corrected chi connectivity index (χ4v) is 2.83. The van der Waals surface area contributed by atoms with Crippen molar-refractivity contribution in [3.8, 4) is 0 Å². The van der Waals surface area contributed by atoms with Crippen molar-refractivity contribution >= 4 is 15.9 Å². The number of hydrogen-bond donors (Lipinski definition) is 1. The molecule has 3 nitrogen and oxygen atoms in total. The van der Waals surface area contributed by atoms with Gasteiger partial charge in [-0.05, 0) is 24.6 Å². The van der Waals surface area contributed by atoms with Gasteiger partial charge < -0.3 is 10.3 Å². The van der Waals surface area contributed by atoms with Crippen LogP contribution in [0.2, 0.25) is 0 Å². The van der Waals surface area contributed by atoms with Gasteiger partial charge in [-0.1, -0.05) is 41.9 Å². The molecule has 0 radical (unpaired) electrons. The third-order valence-corrected chi connectivity index (χ3v) is 3.70. The van der Waals surface area contributed by atoms with Crippen molar-refractivity contribution in [3.05, 3.63) is 52.5 Å². The van der Waals surface area contributed by atoms with E-state index in [2.05, 4.69) is 51.5 Å². The van der Waals surface area contributed by atoms with E-state index in [1.54, 1.807) is 0 Å². The Morgan fingerprint density at radius 3 is 2.58 bits per heavy atom. The zero-order chi connectivity index (χ0) is 14.0. The van der Waals surface area contributed by atoms with E-state index >= 15 is 0 Å². The first kappa shape index (κ1) is 14.3. The number of halogens is 1. The molecule has 0 aliphatic heterocycles. The highest BCUT2D eigenvalue weighted by Crippen LogP contribution is 2.27. The monoisotopic (exact) mass is 321 g/mol. The molecule has 1 aromatic carbocycles. The average Bonchev–Trinajstić information content (AvgIpc) is 2.78. The molecule has 2 atom stereocenters. The van der Waals surface area contributed by atoms with Gasteiger partial charge in [0.2, 0.25) is 0 Å². The van der Waals surface area contributed by atoms with E-state index < -0.39 is 0 Å². The van der Waals surface area contributed by atoms with E-state index in [9.17, 15) is 0 Å². The van der Waals surface area contributed by atoms with E-state index in [1.165, 1.54) is 5.56 Å². The van der Waals surface area contributed by atoms with E-state index in [1.807, 2.05) is 31.5 Å². The summed E-state index contributed by atoms with van der Waals surface area (Å²) in [5, 5.41) is 0. The highest BCUT2D eigenvalue weighted by atomic mass is 79.9. The van der Waals surface area contributed by atoms with Crippen molar-refractivity contribution in [2.75, 3.05) is 0 Å². The van der Waals surface area contributed by atoms with Gasteiger partial charge in [0, 0.05) is 28.8 Å². The van der Waals surface area contributed by atoms with Crippen LogP contribution in [0.15, 0.2) is 41.1 Å². The maximum Gasteiger partial charge on any atom is 0.111 e. The number of nitrogens with zero attached hydrogens (tertiary/aromatic N) is 2. The number of hydrogen-bond acceptors (Lipinski definition) is 2. The van der Waals surface area contributed by atoms with E-state index in [-0.39, 0.29) is 12.1 Å². The Bertz CT molecular complexity index is 546.